The Balaban J connectivity index is 1.62. The van der Waals surface area contributed by atoms with Crippen LogP contribution in [-0.2, 0) is 0 Å². The molecule has 1 amide bonds. The number of halogens is 2. The van der Waals surface area contributed by atoms with E-state index < -0.39 is 17.7 Å². The number of rotatable bonds is 3. The van der Waals surface area contributed by atoms with Gasteiger partial charge >= 0.3 is 0 Å². The van der Waals surface area contributed by atoms with Crippen molar-refractivity contribution in [1.29, 1.82) is 0 Å². The number of carbonyl (C=O) groups excluding carboxylic acids is 1. The van der Waals surface area contributed by atoms with Crippen molar-refractivity contribution in [2.45, 2.75) is 12.8 Å². The van der Waals surface area contributed by atoms with E-state index in [1.165, 1.54) is 18.9 Å². The van der Waals surface area contributed by atoms with Crippen LogP contribution in [0.4, 0.5) is 8.78 Å². The smallest absolute Gasteiger partial charge is 0.257 e. The molecule has 0 unspecified atom stereocenters. The summed E-state index contributed by atoms with van der Waals surface area (Å²) in [6, 6.07) is 1.23. The largest absolute Gasteiger partial charge is 0.336 e. The topological polar surface area (TPSA) is 36.4 Å². The van der Waals surface area contributed by atoms with Crippen LogP contribution in [0.5, 0.6) is 0 Å². The summed E-state index contributed by atoms with van der Waals surface area (Å²) in [4.78, 5) is 19.3. The number of piperazine rings is 1. The van der Waals surface area contributed by atoms with Gasteiger partial charge in [-0.3, -0.25) is 9.69 Å². The monoisotopic (exact) mass is 281 g/mol. The molecule has 6 heteroatoms. The zero-order chi connectivity index (χ0) is 14.1. The molecule has 108 valence electrons. The number of hydrogen-bond donors (Lipinski definition) is 0. The number of nitrogens with zero attached hydrogens (tertiary/aromatic N) is 3. The van der Waals surface area contributed by atoms with Crippen molar-refractivity contribution in [2.75, 3.05) is 32.7 Å². The molecule has 0 radical (unpaired) electrons. The van der Waals surface area contributed by atoms with Crippen molar-refractivity contribution < 1.29 is 13.6 Å². The summed E-state index contributed by atoms with van der Waals surface area (Å²) in [5.74, 6) is -2.00. The highest BCUT2D eigenvalue weighted by atomic mass is 19.2. The average Bonchev–Trinajstić information content (AvgIpc) is 3.26. The summed E-state index contributed by atoms with van der Waals surface area (Å²) < 4.78 is 26.6. The summed E-state index contributed by atoms with van der Waals surface area (Å²) in [6.07, 6.45) is 3.73. The van der Waals surface area contributed by atoms with E-state index in [4.69, 9.17) is 0 Å². The van der Waals surface area contributed by atoms with Crippen molar-refractivity contribution in [1.82, 2.24) is 14.8 Å². The quantitative estimate of drug-likeness (QED) is 0.788. The SMILES string of the molecule is O=C(c1ccnc(F)c1F)N1CCN(CC2CC2)CC1. The number of aromatic nitrogens is 1. The maximum Gasteiger partial charge on any atom is 0.257 e. The second-order valence-electron chi connectivity index (χ2n) is 5.50. The van der Waals surface area contributed by atoms with Crippen molar-refractivity contribution >= 4 is 5.91 Å². The molecule has 1 saturated carbocycles. The molecule has 2 heterocycles. The molecular formula is C14H17F2N3O. The van der Waals surface area contributed by atoms with Gasteiger partial charge in [-0.25, -0.2) is 9.37 Å². The molecule has 4 nitrogen and oxygen atoms in total. The Labute approximate surface area is 116 Å². The molecule has 1 aliphatic carbocycles. The van der Waals surface area contributed by atoms with E-state index in [1.54, 1.807) is 4.90 Å². The summed E-state index contributed by atoms with van der Waals surface area (Å²) in [6.45, 7) is 3.83. The molecule has 0 bridgehead atoms. The summed E-state index contributed by atoms with van der Waals surface area (Å²) in [5, 5.41) is 0. The highest BCUT2D eigenvalue weighted by molar-refractivity contribution is 5.94. The fourth-order valence-corrected chi connectivity index (χ4v) is 2.55. The van der Waals surface area contributed by atoms with E-state index in [2.05, 4.69) is 9.88 Å². The molecule has 1 aromatic rings. The lowest BCUT2D eigenvalue weighted by Gasteiger charge is -2.34. The van der Waals surface area contributed by atoms with E-state index in [9.17, 15) is 13.6 Å². The molecule has 0 spiro atoms. The van der Waals surface area contributed by atoms with Crippen LogP contribution in [0, 0.1) is 17.7 Å². The van der Waals surface area contributed by atoms with Crippen molar-refractivity contribution in [2.24, 2.45) is 5.92 Å². The number of hydrogen-bond acceptors (Lipinski definition) is 3. The number of amides is 1. The lowest BCUT2D eigenvalue weighted by Crippen LogP contribution is -2.49. The van der Waals surface area contributed by atoms with Gasteiger partial charge in [0.1, 0.15) is 0 Å². The van der Waals surface area contributed by atoms with Gasteiger partial charge in [-0.2, -0.15) is 4.39 Å². The lowest BCUT2D eigenvalue weighted by atomic mass is 10.2. The molecule has 1 aromatic heterocycles. The molecule has 1 saturated heterocycles. The molecule has 2 aliphatic rings. The van der Waals surface area contributed by atoms with Crippen LogP contribution in [0.1, 0.15) is 23.2 Å². The molecular weight excluding hydrogens is 264 g/mol. The van der Waals surface area contributed by atoms with Gasteiger partial charge in [0, 0.05) is 38.9 Å². The minimum absolute atomic E-state index is 0.229. The van der Waals surface area contributed by atoms with Crippen molar-refractivity contribution in [3.05, 3.63) is 29.6 Å². The summed E-state index contributed by atoms with van der Waals surface area (Å²) in [5.41, 5.74) is -0.229. The summed E-state index contributed by atoms with van der Waals surface area (Å²) in [7, 11) is 0. The Kier molecular flexibility index (Phi) is 3.65. The first-order valence-corrected chi connectivity index (χ1v) is 6.97. The summed E-state index contributed by atoms with van der Waals surface area (Å²) >= 11 is 0. The third-order valence-electron chi connectivity index (χ3n) is 3.95. The molecule has 0 atom stereocenters. The van der Waals surface area contributed by atoms with Crippen LogP contribution in [0.25, 0.3) is 0 Å². The standard InChI is InChI=1S/C14H17F2N3O/c15-12-11(3-4-17-13(12)16)14(20)19-7-5-18(6-8-19)9-10-1-2-10/h3-4,10H,1-2,5-9H2. The van der Waals surface area contributed by atoms with Crippen molar-refractivity contribution in [3.8, 4) is 0 Å². The highest BCUT2D eigenvalue weighted by Gasteiger charge is 2.29. The van der Waals surface area contributed by atoms with Crippen LogP contribution < -0.4 is 0 Å². The second-order valence-corrected chi connectivity index (χ2v) is 5.50. The minimum atomic E-state index is -1.22. The predicted octanol–water partition coefficient (Wildman–Crippen LogP) is 1.53. The maximum absolute atomic E-state index is 13.6. The van der Waals surface area contributed by atoms with Crippen LogP contribution in [-0.4, -0.2) is 53.4 Å². The van der Waals surface area contributed by atoms with E-state index in [1.807, 2.05) is 0 Å². The molecule has 3 rings (SSSR count). The Morgan fingerprint density at radius 1 is 1.25 bits per heavy atom. The molecule has 0 N–H and O–H groups in total. The average molecular weight is 281 g/mol. The van der Waals surface area contributed by atoms with Gasteiger partial charge in [-0.05, 0) is 24.8 Å². The van der Waals surface area contributed by atoms with E-state index in [0.29, 0.717) is 13.1 Å². The Morgan fingerprint density at radius 3 is 2.60 bits per heavy atom. The van der Waals surface area contributed by atoms with Crippen LogP contribution in [0.3, 0.4) is 0 Å². The number of pyridine rings is 1. The normalized spacial score (nSPS) is 20.2. The lowest BCUT2D eigenvalue weighted by molar-refractivity contribution is 0.0626. The fourth-order valence-electron chi connectivity index (χ4n) is 2.55. The zero-order valence-electron chi connectivity index (χ0n) is 11.2. The first-order chi connectivity index (χ1) is 9.65. The van der Waals surface area contributed by atoms with E-state index in [0.717, 1.165) is 31.7 Å². The number of carbonyl (C=O) groups is 1. The zero-order valence-corrected chi connectivity index (χ0v) is 11.2. The van der Waals surface area contributed by atoms with Crippen molar-refractivity contribution in [3.63, 3.8) is 0 Å². The fraction of sp³-hybridized carbons (Fsp3) is 0.571. The minimum Gasteiger partial charge on any atom is -0.336 e. The Hall–Kier alpha value is -1.56. The van der Waals surface area contributed by atoms with Crippen LogP contribution >= 0.6 is 0 Å². The first-order valence-electron chi connectivity index (χ1n) is 6.97. The highest BCUT2D eigenvalue weighted by Crippen LogP contribution is 2.30. The van der Waals surface area contributed by atoms with Gasteiger partial charge < -0.3 is 4.90 Å². The van der Waals surface area contributed by atoms with E-state index in [-0.39, 0.29) is 5.56 Å². The molecule has 0 aromatic carbocycles. The van der Waals surface area contributed by atoms with Crippen LogP contribution in [0.2, 0.25) is 0 Å². The van der Waals surface area contributed by atoms with Gasteiger partial charge in [0.15, 0.2) is 5.82 Å². The Morgan fingerprint density at radius 2 is 1.95 bits per heavy atom. The van der Waals surface area contributed by atoms with Gasteiger partial charge in [0.2, 0.25) is 5.95 Å². The predicted molar refractivity (Wildman–Crippen MR) is 69.2 cm³/mol. The van der Waals surface area contributed by atoms with Gasteiger partial charge in [0.05, 0.1) is 5.56 Å². The van der Waals surface area contributed by atoms with Gasteiger partial charge in [-0.1, -0.05) is 0 Å². The first kappa shape index (κ1) is 13.4. The van der Waals surface area contributed by atoms with Crippen LogP contribution in [0.15, 0.2) is 12.3 Å². The Bertz CT molecular complexity index is 511. The second kappa shape index (κ2) is 5.44. The van der Waals surface area contributed by atoms with Gasteiger partial charge in [-0.15, -0.1) is 0 Å². The van der Waals surface area contributed by atoms with Gasteiger partial charge in [0.25, 0.3) is 5.91 Å². The molecule has 2 fully saturated rings. The molecule has 1 aliphatic heterocycles. The third-order valence-corrected chi connectivity index (χ3v) is 3.95. The molecule has 20 heavy (non-hydrogen) atoms. The van der Waals surface area contributed by atoms with E-state index >= 15 is 0 Å². The maximum atomic E-state index is 13.6. The third kappa shape index (κ3) is 2.80.